The third-order valence-corrected chi connectivity index (χ3v) is 3.77. The quantitative estimate of drug-likeness (QED) is 0.434. The normalized spacial score (nSPS) is 14.4. The van der Waals surface area contributed by atoms with Crippen LogP contribution in [0.5, 0.6) is 0 Å². The Labute approximate surface area is 123 Å². The highest BCUT2D eigenvalue weighted by Gasteiger charge is 2.24. The molecule has 1 aromatic carbocycles. The van der Waals surface area contributed by atoms with E-state index in [0.717, 1.165) is 19.4 Å². The van der Waals surface area contributed by atoms with Gasteiger partial charge in [0.15, 0.2) is 0 Å². The number of methoxy groups -OCH3 is 1. The van der Waals surface area contributed by atoms with Gasteiger partial charge in [-0.15, -0.1) is 0 Å². The van der Waals surface area contributed by atoms with Gasteiger partial charge in [-0.2, -0.15) is 0 Å². The Bertz CT molecular complexity index is 346. The van der Waals surface area contributed by atoms with Gasteiger partial charge in [0.2, 0.25) is 0 Å². The average molecular weight is 363 g/mol. The van der Waals surface area contributed by atoms with Crippen LogP contribution in [-0.4, -0.2) is 19.8 Å². The third kappa shape index (κ3) is 4.50. The number of nitrogens with one attached hydrogen (secondary N) is 1. The van der Waals surface area contributed by atoms with Crippen molar-refractivity contribution in [3.8, 4) is 0 Å². The Hall–Kier alpha value is -0.170. The zero-order chi connectivity index (χ0) is 13.4. The zero-order valence-electron chi connectivity index (χ0n) is 11.3. The lowest BCUT2D eigenvalue weighted by molar-refractivity contribution is -0.103. The van der Waals surface area contributed by atoms with Gasteiger partial charge in [-0.1, -0.05) is 32.0 Å². The summed E-state index contributed by atoms with van der Waals surface area (Å²) in [4.78, 5) is 5.72. The summed E-state index contributed by atoms with van der Waals surface area (Å²) in [5.74, 6) is 0. The molecule has 0 unspecified atom stereocenters. The van der Waals surface area contributed by atoms with Gasteiger partial charge in [-0.25, -0.2) is 5.48 Å². The maximum absolute atomic E-state index is 5.72. The lowest BCUT2D eigenvalue weighted by Crippen LogP contribution is -2.30. The van der Waals surface area contributed by atoms with E-state index in [-0.39, 0.29) is 12.2 Å². The molecule has 0 radical (unpaired) electrons. The van der Waals surface area contributed by atoms with Gasteiger partial charge in [-0.05, 0) is 47.1 Å². The molecule has 0 saturated carbocycles. The van der Waals surface area contributed by atoms with E-state index < -0.39 is 0 Å². The summed E-state index contributed by atoms with van der Waals surface area (Å²) in [5, 5.41) is 0. The van der Waals surface area contributed by atoms with Crippen LogP contribution in [0.1, 0.15) is 38.4 Å². The highest BCUT2D eigenvalue weighted by Crippen LogP contribution is 2.28. The topological polar surface area (TPSA) is 30.5 Å². The Balaban J connectivity index is 2.76. The summed E-state index contributed by atoms with van der Waals surface area (Å²) in [7, 11) is 1.74. The van der Waals surface area contributed by atoms with Crippen molar-refractivity contribution < 1.29 is 9.57 Å². The van der Waals surface area contributed by atoms with E-state index in [1.807, 2.05) is 12.1 Å². The van der Waals surface area contributed by atoms with Crippen LogP contribution in [0.2, 0.25) is 0 Å². The molecule has 0 bridgehead atoms. The fourth-order valence-corrected chi connectivity index (χ4v) is 2.51. The number of rotatable bonds is 8. The van der Waals surface area contributed by atoms with E-state index in [2.05, 4.69) is 54.1 Å². The molecule has 3 nitrogen and oxygen atoms in total. The minimum Gasteiger partial charge on any atom is -0.374 e. The molecule has 0 saturated heterocycles. The molecule has 2 atom stereocenters. The third-order valence-electron chi connectivity index (χ3n) is 2.79. The van der Waals surface area contributed by atoms with Crippen molar-refractivity contribution in [3.63, 3.8) is 0 Å². The number of hydrogen-bond acceptors (Lipinski definition) is 3. The first-order chi connectivity index (χ1) is 8.74. The van der Waals surface area contributed by atoms with Crippen LogP contribution in [0, 0.1) is 3.57 Å². The molecule has 0 aliphatic rings. The van der Waals surface area contributed by atoms with Crippen molar-refractivity contribution in [1.29, 1.82) is 0 Å². The predicted octanol–water partition coefficient (Wildman–Crippen LogP) is 3.69. The average Bonchev–Trinajstić information content (AvgIpc) is 2.39. The number of benzene rings is 1. The summed E-state index contributed by atoms with van der Waals surface area (Å²) >= 11 is 2.34. The lowest BCUT2D eigenvalue weighted by atomic mass is 10.0. The molecule has 18 heavy (non-hydrogen) atoms. The smallest absolute Gasteiger partial charge is 0.111 e. The summed E-state index contributed by atoms with van der Waals surface area (Å²) in [6.45, 7) is 5.09. The second-order valence-electron chi connectivity index (χ2n) is 4.14. The molecule has 102 valence electrons. The van der Waals surface area contributed by atoms with Crippen LogP contribution < -0.4 is 5.48 Å². The molecule has 0 aliphatic carbocycles. The molecule has 0 aliphatic heterocycles. The molecule has 0 heterocycles. The van der Waals surface area contributed by atoms with E-state index in [1.165, 1.54) is 9.13 Å². The molecule has 1 rings (SSSR count). The van der Waals surface area contributed by atoms with E-state index in [0.29, 0.717) is 0 Å². The Kier molecular flexibility index (Phi) is 7.81. The van der Waals surface area contributed by atoms with E-state index >= 15 is 0 Å². The summed E-state index contributed by atoms with van der Waals surface area (Å²) < 4.78 is 6.84. The number of hydrogen-bond donors (Lipinski definition) is 1. The van der Waals surface area contributed by atoms with Gasteiger partial charge in [0.05, 0.1) is 0 Å². The number of halogens is 1. The fraction of sp³-hybridized carbons (Fsp3) is 0.571. The maximum Gasteiger partial charge on any atom is 0.111 e. The van der Waals surface area contributed by atoms with Gasteiger partial charge in [0, 0.05) is 17.2 Å². The Morgan fingerprint density at radius 1 is 1.28 bits per heavy atom. The molecule has 1 N–H and O–H groups in total. The van der Waals surface area contributed by atoms with Gasteiger partial charge in [0.25, 0.3) is 0 Å². The molecular formula is C14H22INO2. The maximum atomic E-state index is 5.72. The summed E-state index contributed by atoms with van der Waals surface area (Å²) in [6, 6.07) is 8.26. The number of ether oxygens (including phenoxy) is 1. The standard InChI is InChI=1S/C14H22INO2/c1-4-10-16-18-13(5-2)14(17-3)11-8-6-7-9-12(11)15/h6-9,13-14,16H,4-5,10H2,1-3H3/t13-,14-/m0/s1. The minimum absolute atomic E-state index is 0.0254. The lowest BCUT2D eigenvalue weighted by Gasteiger charge is -2.26. The minimum atomic E-state index is -0.0348. The van der Waals surface area contributed by atoms with Gasteiger partial charge >= 0.3 is 0 Å². The second-order valence-corrected chi connectivity index (χ2v) is 5.30. The van der Waals surface area contributed by atoms with Crippen molar-refractivity contribution in [2.24, 2.45) is 0 Å². The Morgan fingerprint density at radius 2 is 2.00 bits per heavy atom. The largest absolute Gasteiger partial charge is 0.374 e. The van der Waals surface area contributed by atoms with Gasteiger partial charge < -0.3 is 4.74 Å². The molecule has 0 spiro atoms. The molecule has 4 heteroatoms. The van der Waals surface area contributed by atoms with Crippen molar-refractivity contribution in [2.75, 3.05) is 13.7 Å². The van der Waals surface area contributed by atoms with Crippen LogP contribution in [0.4, 0.5) is 0 Å². The SMILES string of the molecule is CCCNO[C@@H](CC)[C@@H](OC)c1ccccc1I. The van der Waals surface area contributed by atoms with E-state index in [4.69, 9.17) is 9.57 Å². The van der Waals surface area contributed by atoms with Crippen LogP contribution in [0.25, 0.3) is 0 Å². The monoisotopic (exact) mass is 363 g/mol. The second kappa shape index (κ2) is 8.85. The summed E-state index contributed by atoms with van der Waals surface area (Å²) in [5.41, 5.74) is 4.19. The first-order valence-electron chi connectivity index (χ1n) is 6.40. The molecule has 0 fully saturated rings. The van der Waals surface area contributed by atoms with Crippen LogP contribution >= 0.6 is 22.6 Å². The fourth-order valence-electron chi connectivity index (χ4n) is 1.81. The molecule has 0 aromatic heterocycles. The predicted molar refractivity (Wildman–Crippen MR) is 82.4 cm³/mol. The van der Waals surface area contributed by atoms with Crippen LogP contribution in [0.15, 0.2) is 24.3 Å². The van der Waals surface area contributed by atoms with Gasteiger partial charge in [-0.3, -0.25) is 4.84 Å². The van der Waals surface area contributed by atoms with Crippen LogP contribution in [0.3, 0.4) is 0 Å². The Morgan fingerprint density at radius 3 is 2.56 bits per heavy atom. The van der Waals surface area contributed by atoms with E-state index in [9.17, 15) is 0 Å². The molecule has 0 amide bonds. The summed E-state index contributed by atoms with van der Waals surface area (Å²) in [6.07, 6.45) is 1.95. The highest BCUT2D eigenvalue weighted by molar-refractivity contribution is 14.1. The van der Waals surface area contributed by atoms with Crippen molar-refractivity contribution in [2.45, 2.75) is 38.9 Å². The molecule has 1 aromatic rings. The zero-order valence-corrected chi connectivity index (χ0v) is 13.4. The van der Waals surface area contributed by atoms with Crippen molar-refractivity contribution in [1.82, 2.24) is 5.48 Å². The van der Waals surface area contributed by atoms with E-state index in [1.54, 1.807) is 7.11 Å². The number of hydroxylamine groups is 1. The van der Waals surface area contributed by atoms with Crippen molar-refractivity contribution in [3.05, 3.63) is 33.4 Å². The van der Waals surface area contributed by atoms with Gasteiger partial charge in [0.1, 0.15) is 12.2 Å². The molecular weight excluding hydrogens is 341 g/mol. The highest BCUT2D eigenvalue weighted by atomic mass is 127. The van der Waals surface area contributed by atoms with Crippen molar-refractivity contribution >= 4 is 22.6 Å². The van der Waals surface area contributed by atoms with Crippen LogP contribution in [-0.2, 0) is 9.57 Å². The first-order valence-corrected chi connectivity index (χ1v) is 7.48. The first kappa shape index (κ1) is 15.9.